The number of thiophene rings is 1. The fourth-order valence-corrected chi connectivity index (χ4v) is 3.76. The molecule has 1 spiro atoms. The molecule has 0 amide bonds. The summed E-state index contributed by atoms with van der Waals surface area (Å²) in [7, 11) is 0. The molecule has 2 heterocycles. The molecule has 0 aromatic carbocycles. The van der Waals surface area contributed by atoms with Crippen molar-refractivity contribution in [1.82, 2.24) is 0 Å². The van der Waals surface area contributed by atoms with E-state index in [1.807, 2.05) is 0 Å². The average molecular weight is 222 g/mol. The number of carbonyl (C=O) groups excluding carboxylic acids is 1. The van der Waals surface area contributed by atoms with Gasteiger partial charge < -0.3 is 4.74 Å². The predicted octanol–water partition coefficient (Wildman–Crippen LogP) is 2.88. The van der Waals surface area contributed by atoms with Gasteiger partial charge in [0.25, 0.3) is 0 Å². The van der Waals surface area contributed by atoms with Gasteiger partial charge in [-0.25, -0.2) is 0 Å². The van der Waals surface area contributed by atoms with Crippen LogP contribution in [-0.2, 0) is 14.9 Å². The van der Waals surface area contributed by atoms with Crippen molar-refractivity contribution in [3.05, 3.63) is 22.4 Å². The molecular formula is C12H14O2S. The van der Waals surface area contributed by atoms with Crippen LogP contribution in [0.3, 0.4) is 0 Å². The van der Waals surface area contributed by atoms with Crippen molar-refractivity contribution in [3.63, 3.8) is 0 Å². The number of ether oxygens (including phenoxy) is 1. The number of esters is 1. The van der Waals surface area contributed by atoms with Gasteiger partial charge in [0, 0.05) is 23.1 Å². The first kappa shape index (κ1) is 9.40. The van der Waals surface area contributed by atoms with Gasteiger partial charge in [-0.3, -0.25) is 4.79 Å². The van der Waals surface area contributed by atoms with E-state index in [9.17, 15) is 4.79 Å². The van der Waals surface area contributed by atoms with Crippen molar-refractivity contribution in [2.45, 2.75) is 43.6 Å². The van der Waals surface area contributed by atoms with Gasteiger partial charge in [-0.1, -0.05) is 13.0 Å². The van der Waals surface area contributed by atoms with Crippen molar-refractivity contribution in [1.29, 1.82) is 0 Å². The number of hydrogen-bond acceptors (Lipinski definition) is 3. The molecule has 0 N–H and O–H groups in total. The summed E-state index contributed by atoms with van der Waals surface area (Å²) in [6.07, 6.45) is 3.63. The molecule has 2 aliphatic rings. The van der Waals surface area contributed by atoms with Crippen LogP contribution >= 0.6 is 11.3 Å². The fraction of sp³-hybridized carbons (Fsp3) is 0.583. The van der Waals surface area contributed by atoms with Crippen LogP contribution in [0.1, 0.15) is 37.5 Å². The molecule has 2 fully saturated rings. The van der Waals surface area contributed by atoms with Gasteiger partial charge >= 0.3 is 5.97 Å². The van der Waals surface area contributed by atoms with Gasteiger partial charge in [0.15, 0.2) is 0 Å². The smallest absolute Gasteiger partial charge is 0.306 e. The summed E-state index contributed by atoms with van der Waals surface area (Å²) < 4.78 is 5.59. The summed E-state index contributed by atoms with van der Waals surface area (Å²) in [6.45, 7) is 2.22. The molecule has 1 saturated carbocycles. The van der Waals surface area contributed by atoms with Gasteiger partial charge in [0.2, 0.25) is 0 Å². The molecule has 0 radical (unpaired) electrons. The van der Waals surface area contributed by atoms with Crippen molar-refractivity contribution in [2.24, 2.45) is 0 Å². The van der Waals surface area contributed by atoms with Gasteiger partial charge in [0.1, 0.15) is 5.60 Å². The van der Waals surface area contributed by atoms with Gasteiger partial charge in [-0.2, -0.15) is 0 Å². The van der Waals surface area contributed by atoms with Crippen LogP contribution < -0.4 is 0 Å². The van der Waals surface area contributed by atoms with E-state index in [1.54, 1.807) is 11.3 Å². The van der Waals surface area contributed by atoms with Crippen LogP contribution in [0.15, 0.2) is 17.5 Å². The molecule has 2 nitrogen and oxygen atoms in total. The predicted molar refractivity (Wildman–Crippen MR) is 59.0 cm³/mol. The molecule has 1 aliphatic heterocycles. The highest BCUT2D eigenvalue weighted by Gasteiger charge is 2.69. The average Bonchev–Trinajstić information content (AvgIpc) is 2.66. The first-order valence-corrected chi connectivity index (χ1v) is 6.30. The standard InChI is InChI=1S/C12H14O2S/c1-11(9-4-3-7-15-9)8-12(11)6-2-5-10(13)14-12/h3-4,7H,2,5-6,8H2,1H3/t11-,12+/m1/s1. The Balaban J connectivity index is 1.90. The van der Waals surface area contributed by atoms with Gasteiger partial charge in [0.05, 0.1) is 0 Å². The Morgan fingerprint density at radius 2 is 2.40 bits per heavy atom. The molecule has 0 bridgehead atoms. The minimum atomic E-state index is -0.160. The molecule has 1 aromatic heterocycles. The maximum absolute atomic E-state index is 11.4. The third-order valence-electron chi connectivity index (χ3n) is 3.86. The highest BCUT2D eigenvalue weighted by atomic mass is 32.1. The minimum absolute atomic E-state index is 0.0125. The van der Waals surface area contributed by atoms with E-state index in [0.717, 1.165) is 19.3 Å². The summed E-state index contributed by atoms with van der Waals surface area (Å²) in [5.74, 6) is -0.0125. The normalized spacial score (nSPS) is 39.1. The van der Waals surface area contributed by atoms with E-state index >= 15 is 0 Å². The monoisotopic (exact) mass is 222 g/mol. The summed E-state index contributed by atoms with van der Waals surface area (Å²) in [5.41, 5.74) is -0.0650. The lowest BCUT2D eigenvalue weighted by Crippen LogP contribution is -2.31. The van der Waals surface area contributed by atoms with E-state index in [1.165, 1.54) is 4.88 Å². The Morgan fingerprint density at radius 1 is 1.53 bits per heavy atom. The Bertz CT molecular complexity index is 398. The minimum Gasteiger partial charge on any atom is -0.458 e. The highest BCUT2D eigenvalue weighted by molar-refractivity contribution is 7.10. The summed E-state index contributed by atoms with van der Waals surface area (Å²) >= 11 is 1.77. The molecule has 1 aliphatic carbocycles. The summed E-state index contributed by atoms with van der Waals surface area (Å²) in [5, 5.41) is 2.09. The first-order chi connectivity index (χ1) is 7.16. The van der Waals surface area contributed by atoms with E-state index in [0.29, 0.717) is 6.42 Å². The Hall–Kier alpha value is -0.830. The highest BCUT2D eigenvalue weighted by Crippen LogP contribution is 2.64. The quantitative estimate of drug-likeness (QED) is 0.683. The van der Waals surface area contributed by atoms with Crippen LogP contribution in [0.25, 0.3) is 0 Å². The molecular weight excluding hydrogens is 208 g/mol. The Labute approximate surface area is 93.3 Å². The Morgan fingerprint density at radius 3 is 3.07 bits per heavy atom. The second-order valence-corrected chi connectivity index (χ2v) is 5.76. The molecule has 3 rings (SSSR count). The maximum atomic E-state index is 11.4. The maximum Gasteiger partial charge on any atom is 0.306 e. The molecule has 1 aromatic rings. The third kappa shape index (κ3) is 1.19. The number of carbonyl (C=O) groups is 1. The van der Waals surface area contributed by atoms with Crippen molar-refractivity contribution in [2.75, 3.05) is 0 Å². The molecule has 15 heavy (non-hydrogen) atoms. The molecule has 1 saturated heterocycles. The zero-order chi connectivity index (χ0) is 10.5. The van der Waals surface area contributed by atoms with Crippen LogP contribution in [0.2, 0.25) is 0 Å². The largest absolute Gasteiger partial charge is 0.458 e. The lowest BCUT2D eigenvalue weighted by atomic mass is 9.96. The van der Waals surface area contributed by atoms with Crippen molar-refractivity contribution < 1.29 is 9.53 Å². The van der Waals surface area contributed by atoms with Crippen LogP contribution in [0, 0.1) is 0 Å². The number of rotatable bonds is 1. The zero-order valence-corrected chi connectivity index (χ0v) is 9.60. The summed E-state index contributed by atoms with van der Waals surface area (Å²) in [4.78, 5) is 12.7. The molecule has 2 atom stereocenters. The van der Waals surface area contributed by atoms with Crippen LogP contribution in [0.4, 0.5) is 0 Å². The van der Waals surface area contributed by atoms with E-state index < -0.39 is 0 Å². The van der Waals surface area contributed by atoms with Crippen molar-refractivity contribution in [3.8, 4) is 0 Å². The zero-order valence-electron chi connectivity index (χ0n) is 8.79. The lowest BCUT2D eigenvalue weighted by molar-refractivity contribution is -0.157. The van der Waals surface area contributed by atoms with E-state index in [2.05, 4.69) is 24.4 Å². The topological polar surface area (TPSA) is 26.3 Å². The SMILES string of the molecule is C[C@]1(c2cccs2)C[C@@]12CCCC(=O)O2. The van der Waals surface area contributed by atoms with Gasteiger partial charge in [-0.05, 0) is 24.3 Å². The van der Waals surface area contributed by atoms with E-state index in [-0.39, 0.29) is 17.0 Å². The van der Waals surface area contributed by atoms with Crippen molar-refractivity contribution >= 4 is 17.3 Å². The molecule has 80 valence electrons. The Kier molecular flexibility index (Phi) is 1.78. The van der Waals surface area contributed by atoms with E-state index in [4.69, 9.17) is 4.74 Å². The second kappa shape index (κ2) is 2.85. The van der Waals surface area contributed by atoms with Crippen LogP contribution in [0.5, 0.6) is 0 Å². The summed E-state index contributed by atoms with van der Waals surface area (Å²) in [6, 6.07) is 4.23. The number of hydrogen-bond donors (Lipinski definition) is 0. The molecule has 0 unspecified atom stereocenters. The fourth-order valence-electron chi connectivity index (χ4n) is 2.78. The van der Waals surface area contributed by atoms with Gasteiger partial charge in [-0.15, -0.1) is 11.3 Å². The lowest BCUT2D eigenvalue weighted by Gasteiger charge is -2.26. The second-order valence-electron chi connectivity index (χ2n) is 4.81. The molecule has 3 heteroatoms. The third-order valence-corrected chi connectivity index (χ3v) is 4.99. The van der Waals surface area contributed by atoms with Crippen LogP contribution in [-0.4, -0.2) is 11.6 Å². The first-order valence-electron chi connectivity index (χ1n) is 5.42.